The molecule has 0 aromatic heterocycles. The van der Waals surface area contributed by atoms with Gasteiger partial charge in [0.1, 0.15) is 5.71 Å². The number of nitrogens with two attached hydrogens (primary N) is 3. The first-order chi connectivity index (χ1) is 8.40. The van der Waals surface area contributed by atoms with Gasteiger partial charge in [-0.2, -0.15) is 0 Å². The molecule has 0 bridgehead atoms. The van der Waals surface area contributed by atoms with Crippen molar-refractivity contribution in [1.82, 2.24) is 0 Å². The van der Waals surface area contributed by atoms with Gasteiger partial charge in [-0.1, -0.05) is 0 Å². The maximum Gasteiger partial charge on any atom is 0.226 e. The van der Waals surface area contributed by atoms with Crippen molar-refractivity contribution in [3.8, 4) is 5.75 Å². The fourth-order valence-corrected chi connectivity index (χ4v) is 1.66. The summed E-state index contributed by atoms with van der Waals surface area (Å²) in [6.45, 7) is 0. The van der Waals surface area contributed by atoms with E-state index in [9.17, 15) is 9.90 Å². The number of hydrogen-bond donors (Lipinski definition) is 5. The molecule has 18 heavy (non-hydrogen) atoms. The minimum Gasteiger partial charge on any atom is -0.504 e. The van der Waals surface area contributed by atoms with Crippen molar-refractivity contribution in [3.05, 3.63) is 35.5 Å². The van der Waals surface area contributed by atoms with Crippen LogP contribution in [-0.4, -0.2) is 16.6 Å². The summed E-state index contributed by atoms with van der Waals surface area (Å²) in [6, 6.07) is 3.01. The first kappa shape index (κ1) is 11.7. The monoisotopic (exact) mass is 244 g/mol. The zero-order chi connectivity index (χ0) is 13.4. The first-order valence-electron chi connectivity index (χ1n) is 5.10. The van der Waals surface area contributed by atoms with Gasteiger partial charge in [0, 0.05) is 0 Å². The SMILES string of the molecule is N=C1C=C(c2cc(N)c(O)c(N)c2)C=C(N)C1=O. The maximum absolute atomic E-state index is 11.3. The van der Waals surface area contributed by atoms with Crippen molar-refractivity contribution in [2.24, 2.45) is 5.73 Å². The normalized spacial score (nSPS) is 15.3. The molecular formula is C12H12N4O2. The van der Waals surface area contributed by atoms with Gasteiger partial charge < -0.3 is 22.3 Å². The van der Waals surface area contributed by atoms with Crippen LogP contribution in [0, 0.1) is 5.41 Å². The number of hydrogen-bond acceptors (Lipinski definition) is 6. The molecule has 0 unspecified atom stereocenters. The number of ketones is 1. The highest BCUT2D eigenvalue weighted by atomic mass is 16.3. The lowest BCUT2D eigenvalue weighted by Crippen LogP contribution is -2.22. The molecule has 0 amide bonds. The molecule has 92 valence electrons. The second kappa shape index (κ2) is 3.92. The Bertz CT molecular complexity index is 606. The summed E-state index contributed by atoms with van der Waals surface area (Å²) in [5, 5.41) is 17.0. The van der Waals surface area contributed by atoms with Crippen LogP contribution < -0.4 is 17.2 Å². The number of allylic oxidation sites excluding steroid dienone is 4. The van der Waals surface area contributed by atoms with Crippen LogP contribution in [0.25, 0.3) is 5.57 Å². The summed E-state index contributed by atoms with van der Waals surface area (Å²) < 4.78 is 0. The van der Waals surface area contributed by atoms with Crippen LogP contribution in [0.5, 0.6) is 5.75 Å². The van der Waals surface area contributed by atoms with Crippen LogP contribution in [0.2, 0.25) is 0 Å². The molecule has 0 saturated carbocycles. The van der Waals surface area contributed by atoms with Gasteiger partial charge in [0.05, 0.1) is 17.1 Å². The molecule has 1 aromatic rings. The quantitative estimate of drug-likeness (QED) is 0.276. The van der Waals surface area contributed by atoms with E-state index in [4.69, 9.17) is 22.6 Å². The van der Waals surface area contributed by atoms with E-state index in [0.29, 0.717) is 11.1 Å². The lowest BCUT2D eigenvalue weighted by Gasteiger charge is -2.13. The molecule has 0 saturated heterocycles. The van der Waals surface area contributed by atoms with E-state index in [1.165, 1.54) is 24.3 Å². The number of carbonyl (C=O) groups is 1. The second-order valence-corrected chi connectivity index (χ2v) is 3.95. The highest BCUT2D eigenvalue weighted by Crippen LogP contribution is 2.32. The molecule has 0 aliphatic heterocycles. The third kappa shape index (κ3) is 1.80. The van der Waals surface area contributed by atoms with Gasteiger partial charge in [-0.15, -0.1) is 0 Å². The molecule has 1 aromatic carbocycles. The Kier molecular flexibility index (Phi) is 2.55. The molecule has 0 atom stereocenters. The maximum atomic E-state index is 11.3. The van der Waals surface area contributed by atoms with Crippen molar-refractivity contribution in [3.63, 3.8) is 0 Å². The zero-order valence-electron chi connectivity index (χ0n) is 9.40. The summed E-state index contributed by atoms with van der Waals surface area (Å²) in [4.78, 5) is 11.3. The Hall–Kier alpha value is -2.76. The number of benzene rings is 1. The molecule has 8 N–H and O–H groups in total. The van der Waals surface area contributed by atoms with Crippen molar-refractivity contribution >= 4 is 28.4 Å². The summed E-state index contributed by atoms with van der Waals surface area (Å²) in [7, 11) is 0. The van der Waals surface area contributed by atoms with Crippen molar-refractivity contribution in [1.29, 1.82) is 5.41 Å². The molecule has 6 nitrogen and oxygen atoms in total. The minimum absolute atomic E-state index is 0.0114. The van der Waals surface area contributed by atoms with Crippen molar-refractivity contribution in [2.45, 2.75) is 0 Å². The smallest absolute Gasteiger partial charge is 0.226 e. The summed E-state index contributed by atoms with van der Waals surface area (Å²) >= 11 is 0. The number of aromatic hydroxyl groups is 1. The van der Waals surface area contributed by atoms with Gasteiger partial charge in [-0.05, 0) is 35.4 Å². The lowest BCUT2D eigenvalue weighted by atomic mass is 9.95. The third-order valence-corrected chi connectivity index (χ3v) is 2.62. The number of anilines is 2. The van der Waals surface area contributed by atoms with E-state index < -0.39 is 5.78 Å². The summed E-state index contributed by atoms with van der Waals surface area (Å²) in [5.41, 5.74) is 17.9. The van der Waals surface area contributed by atoms with Crippen LogP contribution in [-0.2, 0) is 4.79 Å². The molecule has 0 fully saturated rings. The Balaban J connectivity index is 2.54. The van der Waals surface area contributed by atoms with E-state index >= 15 is 0 Å². The summed E-state index contributed by atoms with van der Waals surface area (Å²) in [5.74, 6) is -0.697. The Labute approximate surface area is 103 Å². The number of carbonyl (C=O) groups excluding carboxylic acids is 1. The molecule has 0 radical (unpaired) electrons. The molecule has 1 aliphatic carbocycles. The van der Waals surface area contributed by atoms with Crippen LogP contribution in [0.4, 0.5) is 11.4 Å². The average Bonchev–Trinajstić information content (AvgIpc) is 2.31. The van der Waals surface area contributed by atoms with Gasteiger partial charge in [-0.25, -0.2) is 0 Å². The van der Waals surface area contributed by atoms with Crippen LogP contribution in [0.15, 0.2) is 30.0 Å². The highest BCUT2D eigenvalue weighted by molar-refractivity contribution is 6.50. The number of nitrogen functional groups attached to an aromatic ring is 2. The topological polar surface area (TPSA) is 139 Å². The first-order valence-corrected chi connectivity index (χ1v) is 5.10. The number of phenolic OH excluding ortho intramolecular Hbond substituents is 1. The fourth-order valence-electron chi connectivity index (χ4n) is 1.66. The van der Waals surface area contributed by atoms with E-state index in [0.717, 1.165) is 0 Å². The Morgan fingerprint density at radius 1 is 1.06 bits per heavy atom. The predicted octanol–water partition coefficient (Wildman–Crippen LogP) is 0.385. The third-order valence-electron chi connectivity index (χ3n) is 2.62. The number of rotatable bonds is 1. The largest absolute Gasteiger partial charge is 0.504 e. The van der Waals surface area contributed by atoms with E-state index in [1.807, 2.05) is 0 Å². The average molecular weight is 244 g/mol. The zero-order valence-corrected chi connectivity index (χ0v) is 9.40. The van der Waals surface area contributed by atoms with Gasteiger partial charge in [0.25, 0.3) is 0 Å². The molecule has 1 aliphatic rings. The highest BCUT2D eigenvalue weighted by Gasteiger charge is 2.18. The molecule has 6 heteroatoms. The van der Waals surface area contributed by atoms with E-state index in [2.05, 4.69) is 0 Å². The van der Waals surface area contributed by atoms with Crippen molar-refractivity contribution in [2.75, 3.05) is 11.5 Å². The van der Waals surface area contributed by atoms with Crippen molar-refractivity contribution < 1.29 is 9.90 Å². The number of phenols is 1. The summed E-state index contributed by atoms with van der Waals surface area (Å²) in [6.07, 6.45) is 2.83. The predicted molar refractivity (Wildman–Crippen MR) is 69.9 cm³/mol. The molecule has 0 spiro atoms. The van der Waals surface area contributed by atoms with Crippen LogP contribution in [0.1, 0.15) is 5.56 Å². The Morgan fingerprint density at radius 2 is 1.61 bits per heavy atom. The number of nitrogens with one attached hydrogen (secondary N) is 1. The molecule has 2 rings (SSSR count). The molecular weight excluding hydrogens is 232 g/mol. The minimum atomic E-state index is -0.515. The number of Topliss-reactive ketones (excluding diaryl/α,β-unsaturated/α-hetero) is 1. The lowest BCUT2D eigenvalue weighted by molar-refractivity contribution is -0.109. The Morgan fingerprint density at radius 3 is 2.11 bits per heavy atom. The van der Waals surface area contributed by atoms with Crippen LogP contribution in [0.3, 0.4) is 0 Å². The van der Waals surface area contributed by atoms with E-state index in [1.54, 1.807) is 0 Å². The fraction of sp³-hybridized carbons (Fsp3) is 0. The van der Waals surface area contributed by atoms with Gasteiger partial charge >= 0.3 is 0 Å². The van der Waals surface area contributed by atoms with Gasteiger partial charge in [-0.3, -0.25) is 10.2 Å². The van der Waals surface area contributed by atoms with Gasteiger partial charge in [0.15, 0.2) is 5.75 Å². The molecule has 0 heterocycles. The van der Waals surface area contributed by atoms with Gasteiger partial charge in [0.2, 0.25) is 5.78 Å². The van der Waals surface area contributed by atoms with Crippen LogP contribution >= 0.6 is 0 Å². The van der Waals surface area contributed by atoms with E-state index in [-0.39, 0.29) is 28.5 Å². The second-order valence-electron chi connectivity index (χ2n) is 3.95. The standard InChI is InChI=1S/C12H12N4O2/c13-7-1-5(2-8(14)11(7)17)6-3-9(15)12(18)10(16)4-6/h1-4,13,18H,14-16H2.